The van der Waals surface area contributed by atoms with Crippen LogP contribution in [0.25, 0.3) is 11.3 Å². The number of halogens is 1. The fourth-order valence-corrected chi connectivity index (χ4v) is 3.96. The van der Waals surface area contributed by atoms with Crippen LogP contribution in [0, 0.1) is 0 Å². The minimum absolute atomic E-state index is 0.0979. The normalized spacial score (nSPS) is 16.5. The standard InChI is InChI=1S/C17H12ClN3O2S/c18-12-7-6-11(24-12)16(23)10-8-13(22)19-17-14(10)15(20-21-17)9-4-2-1-3-5-9/h1-7,10H,8H2,(H2,19,20,21,22)/t10-/m0/s1. The summed E-state index contributed by atoms with van der Waals surface area (Å²) in [6.07, 6.45) is 0.0979. The van der Waals surface area contributed by atoms with Gasteiger partial charge in [-0.15, -0.1) is 11.3 Å². The summed E-state index contributed by atoms with van der Waals surface area (Å²) < 4.78 is 0.550. The van der Waals surface area contributed by atoms with Gasteiger partial charge in [-0.2, -0.15) is 5.10 Å². The second-order valence-electron chi connectivity index (χ2n) is 5.50. The van der Waals surface area contributed by atoms with Crippen LogP contribution in [0.1, 0.15) is 27.6 Å². The molecule has 3 heterocycles. The summed E-state index contributed by atoms with van der Waals surface area (Å²) in [6.45, 7) is 0. The predicted octanol–water partition coefficient (Wildman–Crippen LogP) is 4.10. The maximum atomic E-state index is 12.9. The molecule has 0 saturated heterocycles. The van der Waals surface area contributed by atoms with Gasteiger partial charge < -0.3 is 5.32 Å². The van der Waals surface area contributed by atoms with E-state index in [1.54, 1.807) is 12.1 Å². The number of hydrogen-bond acceptors (Lipinski definition) is 4. The highest BCUT2D eigenvalue weighted by molar-refractivity contribution is 7.18. The number of Topliss-reactive ketones (excluding diaryl/α,β-unsaturated/α-hetero) is 1. The molecule has 0 aliphatic carbocycles. The zero-order valence-electron chi connectivity index (χ0n) is 12.4. The number of rotatable bonds is 3. The Labute approximate surface area is 146 Å². The number of carbonyl (C=O) groups excluding carboxylic acids is 2. The topological polar surface area (TPSA) is 74.8 Å². The van der Waals surface area contributed by atoms with Crippen LogP contribution in [0.4, 0.5) is 5.82 Å². The highest BCUT2D eigenvalue weighted by Gasteiger charge is 2.36. The van der Waals surface area contributed by atoms with Crippen LogP contribution in [0.15, 0.2) is 42.5 Å². The minimum Gasteiger partial charge on any atom is -0.309 e. The minimum atomic E-state index is -0.572. The van der Waals surface area contributed by atoms with Crippen molar-refractivity contribution in [2.24, 2.45) is 0 Å². The summed E-state index contributed by atoms with van der Waals surface area (Å²) in [4.78, 5) is 25.5. The summed E-state index contributed by atoms with van der Waals surface area (Å²) in [5.74, 6) is -0.472. The molecule has 1 aliphatic heterocycles. The molecule has 1 amide bonds. The Bertz CT molecular complexity index is 932. The number of benzene rings is 1. The molecule has 120 valence electrons. The number of fused-ring (bicyclic) bond motifs is 1. The van der Waals surface area contributed by atoms with Crippen molar-refractivity contribution in [3.8, 4) is 11.3 Å². The van der Waals surface area contributed by atoms with Crippen molar-refractivity contribution in [1.29, 1.82) is 0 Å². The van der Waals surface area contributed by atoms with E-state index in [4.69, 9.17) is 11.6 Å². The molecule has 0 spiro atoms. The molecule has 0 bridgehead atoms. The first-order chi connectivity index (χ1) is 11.6. The number of nitrogens with one attached hydrogen (secondary N) is 2. The van der Waals surface area contributed by atoms with Gasteiger partial charge in [0.1, 0.15) is 0 Å². The fraction of sp³-hybridized carbons (Fsp3) is 0.118. The molecule has 7 heteroatoms. The van der Waals surface area contributed by atoms with E-state index >= 15 is 0 Å². The molecule has 5 nitrogen and oxygen atoms in total. The SMILES string of the molecule is O=C1C[C@H](C(=O)c2ccc(Cl)s2)c2c(n[nH]c2-c2ccccc2)N1. The Morgan fingerprint density at radius 2 is 2.00 bits per heavy atom. The van der Waals surface area contributed by atoms with Gasteiger partial charge in [-0.25, -0.2) is 0 Å². The molecule has 4 rings (SSSR count). The molecule has 2 aromatic heterocycles. The van der Waals surface area contributed by atoms with Crippen molar-refractivity contribution in [1.82, 2.24) is 10.2 Å². The third-order valence-corrected chi connectivity index (χ3v) is 5.24. The number of ketones is 1. The Hall–Kier alpha value is -2.44. The average Bonchev–Trinajstić information content (AvgIpc) is 3.20. The number of carbonyl (C=O) groups is 2. The Morgan fingerprint density at radius 1 is 1.21 bits per heavy atom. The van der Waals surface area contributed by atoms with E-state index in [0.717, 1.165) is 16.8 Å². The molecule has 3 aromatic rings. The maximum Gasteiger partial charge on any atom is 0.226 e. The summed E-state index contributed by atoms with van der Waals surface area (Å²) in [5.41, 5.74) is 2.41. The van der Waals surface area contributed by atoms with E-state index in [2.05, 4.69) is 15.5 Å². The first kappa shape index (κ1) is 15.1. The van der Waals surface area contributed by atoms with Crippen LogP contribution in [-0.4, -0.2) is 21.9 Å². The average molecular weight is 358 g/mol. The number of thiophene rings is 1. The molecular formula is C17H12ClN3O2S. The largest absolute Gasteiger partial charge is 0.309 e. The summed E-state index contributed by atoms with van der Waals surface area (Å²) in [5, 5.41) is 9.87. The van der Waals surface area contributed by atoms with Crippen molar-refractivity contribution >= 4 is 40.4 Å². The van der Waals surface area contributed by atoms with E-state index in [-0.39, 0.29) is 18.1 Å². The Balaban J connectivity index is 1.82. The van der Waals surface area contributed by atoms with Crippen LogP contribution in [0.5, 0.6) is 0 Å². The van der Waals surface area contributed by atoms with Crippen molar-refractivity contribution in [2.75, 3.05) is 5.32 Å². The number of anilines is 1. The number of hydrogen-bond donors (Lipinski definition) is 2. The van der Waals surface area contributed by atoms with Crippen LogP contribution in [0.3, 0.4) is 0 Å². The number of aromatic amines is 1. The molecule has 1 aliphatic rings. The number of nitrogens with zero attached hydrogens (tertiary/aromatic N) is 1. The van der Waals surface area contributed by atoms with E-state index in [9.17, 15) is 9.59 Å². The molecule has 0 saturated carbocycles. The van der Waals surface area contributed by atoms with Gasteiger partial charge in [0.25, 0.3) is 0 Å². The second-order valence-corrected chi connectivity index (χ2v) is 7.21. The van der Waals surface area contributed by atoms with Crippen LogP contribution >= 0.6 is 22.9 Å². The highest BCUT2D eigenvalue weighted by atomic mass is 35.5. The molecule has 2 N–H and O–H groups in total. The van der Waals surface area contributed by atoms with Gasteiger partial charge in [-0.05, 0) is 17.7 Å². The van der Waals surface area contributed by atoms with Crippen molar-refractivity contribution in [2.45, 2.75) is 12.3 Å². The predicted molar refractivity (Wildman–Crippen MR) is 93.7 cm³/mol. The lowest BCUT2D eigenvalue weighted by molar-refractivity contribution is -0.116. The third-order valence-electron chi connectivity index (χ3n) is 3.99. The Kier molecular flexibility index (Phi) is 3.70. The summed E-state index contributed by atoms with van der Waals surface area (Å²) >= 11 is 7.17. The van der Waals surface area contributed by atoms with Crippen molar-refractivity contribution < 1.29 is 9.59 Å². The lowest BCUT2D eigenvalue weighted by atomic mass is 9.86. The second kappa shape index (κ2) is 5.89. The van der Waals surface area contributed by atoms with Gasteiger partial charge in [0.05, 0.1) is 20.8 Å². The van der Waals surface area contributed by atoms with Gasteiger partial charge in [-0.1, -0.05) is 41.9 Å². The third kappa shape index (κ3) is 2.53. The number of H-pyrrole nitrogens is 1. The quantitative estimate of drug-likeness (QED) is 0.693. The molecule has 1 atom stereocenters. The molecule has 24 heavy (non-hydrogen) atoms. The maximum absolute atomic E-state index is 12.9. The van der Waals surface area contributed by atoms with Crippen LogP contribution < -0.4 is 5.32 Å². The van der Waals surface area contributed by atoms with E-state index in [1.807, 2.05) is 30.3 Å². The van der Waals surface area contributed by atoms with E-state index in [0.29, 0.717) is 15.0 Å². The number of aromatic nitrogens is 2. The first-order valence-electron chi connectivity index (χ1n) is 7.36. The molecule has 0 radical (unpaired) electrons. The van der Waals surface area contributed by atoms with Crippen molar-refractivity contribution in [3.05, 3.63) is 57.2 Å². The monoisotopic (exact) mass is 357 g/mol. The molecule has 0 fully saturated rings. The molecule has 1 aromatic carbocycles. The van der Waals surface area contributed by atoms with Gasteiger partial charge >= 0.3 is 0 Å². The smallest absolute Gasteiger partial charge is 0.226 e. The zero-order chi connectivity index (χ0) is 16.7. The lowest BCUT2D eigenvalue weighted by Crippen LogP contribution is -2.27. The zero-order valence-corrected chi connectivity index (χ0v) is 13.9. The van der Waals surface area contributed by atoms with E-state index < -0.39 is 5.92 Å². The van der Waals surface area contributed by atoms with Gasteiger partial charge in [0, 0.05) is 12.0 Å². The number of amides is 1. The Morgan fingerprint density at radius 3 is 2.71 bits per heavy atom. The highest BCUT2D eigenvalue weighted by Crippen LogP contribution is 2.40. The van der Waals surface area contributed by atoms with Gasteiger partial charge in [0.2, 0.25) is 5.91 Å². The molecule has 0 unspecified atom stereocenters. The van der Waals surface area contributed by atoms with Crippen LogP contribution in [-0.2, 0) is 4.79 Å². The summed E-state index contributed by atoms with van der Waals surface area (Å²) in [7, 11) is 0. The van der Waals surface area contributed by atoms with Crippen LogP contribution in [0.2, 0.25) is 4.34 Å². The fourth-order valence-electron chi connectivity index (χ4n) is 2.92. The van der Waals surface area contributed by atoms with E-state index in [1.165, 1.54) is 11.3 Å². The van der Waals surface area contributed by atoms with Gasteiger partial charge in [-0.3, -0.25) is 14.7 Å². The van der Waals surface area contributed by atoms with Crippen molar-refractivity contribution in [3.63, 3.8) is 0 Å². The first-order valence-corrected chi connectivity index (χ1v) is 8.56. The summed E-state index contributed by atoms with van der Waals surface area (Å²) in [6, 6.07) is 13.0. The lowest BCUT2D eigenvalue weighted by Gasteiger charge is -2.21. The molecular weight excluding hydrogens is 346 g/mol. The van der Waals surface area contributed by atoms with Gasteiger partial charge in [0.15, 0.2) is 11.6 Å².